The highest BCUT2D eigenvalue weighted by atomic mass is 19.1. The lowest BCUT2D eigenvalue weighted by Gasteiger charge is -2.20. The van der Waals surface area contributed by atoms with E-state index < -0.39 is 17.9 Å². The first kappa shape index (κ1) is 19.9. The van der Waals surface area contributed by atoms with Gasteiger partial charge in [-0.1, -0.05) is 50.8 Å². The number of hydrogen-bond donors (Lipinski definition) is 3. The Bertz CT molecular complexity index is 537. The van der Waals surface area contributed by atoms with Crippen molar-refractivity contribution in [1.29, 1.82) is 0 Å². The molecule has 0 fully saturated rings. The molecule has 0 aromatic heterocycles. The molecule has 0 spiro atoms. The molecule has 0 heterocycles. The van der Waals surface area contributed by atoms with Crippen molar-refractivity contribution in [3.63, 3.8) is 0 Å². The molecule has 1 aromatic carbocycles. The first-order valence-electron chi connectivity index (χ1n) is 8.53. The second kappa shape index (κ2) is 10.6. The highest BCUT2D eigenvalue weighted by molar-refractivity contribution is 5.79. The zero-order valence-electron chi connectivity index (χ0n) is 14.5. The monoisotopic (exact) mass is 337 g/mol. The lowest BCUT2D eigenvalue weighted by Crippen LogP contribution is -2.39. The van der Waals surface area contributed by atoms with E-state index in [1.807, 2.05) is 6.92 Å². The van der Waals surface area contributed by atoms with Crippen LogP contribution in [0.3, 0.4) is 0 Å². The summed E-state index contributed by atoms with van der Waals surface area (Å²) in [7, 11) is 0. The molecule has 5 nitrogen and oxygen atoms in total. The normalized spacial score (nSPS) is 13.1. The van der Waals surface area contributed by atoms with Crippen molar-refractivity contribution < 1.29 is 14.0 Å². The standard InChI is InChI=1S/C18H28FN3O2/c1-3-4-5-6-9-13(2)21-17(23)12-16(22-18(20)24)14-10-7-8-11-15(14)19/h7-8,10-11,13,16H,3-6,9,12H2,1-2H3,(H,21,23)(H3,20,22,24)/t13-,16+/m0/s1. The van der Waals surface area contributed by atoms with Gasteiger partial charge >= 0.3 is 6.03 Å². The lowest BCUT2D eigenvalue weighted by molar-refractivity contribution is -0.122. The van der Waals surface area contributed by atoms with Gasteiger partial charge in [-0.05, 0) is 19.4 Å². The third-order valence-electron chi connectivity index (χ3n) is 3.88. The fourth-order valence-electron chi connectivity index (χ4n) is 2.64. The van der Waals surface area contributed by atoms with Crippen LogP contribution in [0.4, 0.5) is 9.18 Å². The second-order valence-corrected chi connectivity index (χ2v) is 6.10. The van der Waals surface area contributed by atoms with Gasteiger partial charge in [-0.15, -0.1) is 0 Å². The number of primary amides is 1. The van der Waals surface area contributed by atoms with Gasteiger partial charge in [0.2, 0.25) is 5.91 Å². The molecule has 0 aliphatic heterocycles. The number of halogens is 1. The Hall–Kier alpha value is -2.11. The van der Waals surface area contributed by atoms with Gasteiger partial charge in [0.05, 0.1) is 12.5 Å². The Morgan fingerprint density at radius 3 is 2.50 bits per heavy atom. The van der Waals surface area contributed by atoms with E-state index in [0.717, 1.165) is 19.3 Å². The van der Waals surface area contributed by atoms with Crippen molar-refractivity contribution in [3.05, 3.63) is 35.6 Å². The van der Waals surface area contributed by atoms with Crippen LogP contribution in [0, 0.1) is 5.82 Å². The van der Waals surface area contributed by atoms with Crippen molar-refractivity contribution in [1.82, 2.24) is 10.6 Å². The van der Waals surface area contributed by atoms with Gasteiger partial charge < -0.3 is 16.4 Å². The molecule has 1 rings (SSSR count). The molecule has 0 radical (unpaired) electrons. The van der Waals surface area contributed by atoms with E-state index in [0.29, 0.717) is 0 Å². The number of urea groups is 1. The van der Waals surface area contributed by atoms with Crippen LogP contribution < -0.4 is 16.4 Å². The van der Waals surface area contributed by atoms with Crippen LogP contribution in [0.5, 0.6) is 0 Å². The molecular weight excluding hydrogens is 309 g/mol. The number of nitrogens with two attached hydrogens (primary N) is 1. The SMILES string of the molecule is CCCCCC[C@H](C)NC(=O)C[C@@H](NC(N)=O)c1ccccc1F. The highest BCUT2D eigenvalue weighted by Crippen LogP contribution is 2.20. The molecule has 6 heteroatoms. The maximum atomic E-state index is 13.9. The topological polar surface area (TPSA) is 84.2 Å². The van der Waals surface area contributed by atoms with Crippen LogP contribution in [-0.2, 0) is 4.79 Å². The molecule has 0 saturated heterocycles. The van der Waals surface area contributed by atoms with E-state index in [-0.39, 0.29) is 23.9 Å². The Kier molecular flexibility index (Phi) is 8.83. The molecule has 1 aromatic rings. The fraction of sp³-hybridized carbons (Fsp3) is 0.556. The minimum absolute atomic E-state index is 0.0456. The van der Waals surface area contributed by atoms with Crippen molar-refractivity contribution in [2.24, 2.45) is 5.73 Å². The largest absolute Gasteiger partial charge is 0.354 e. The van der Waals surface area contributed by atoms with Crippen LogP contribution in [0.15, 0.2) is 24.3 Å². The van der Waals surface area contributed by atoms with Crippen LogP contribution in [-0.4, -0.2) is 18.0 Å². The molecule has 3 amide bonds. The van der Waals surface area contributed by atoms with Crippen LogP contribution >= 0.6 is 0 Å². The second-order valence-electron chi connectivity index (χ2n) is 6.10. The predicted octanol–water partition coefficient (Wildman–Crippen LogP) is 3.40. The number of carbonyl (C=O) groups is 2. The van der Waals surface area contributed by atoms with E-state index in [4.69, 9.17) is 5.73 Å². The number of hydrogen-bond acceptors (Lipinski definition) is 2. The Morgan fingerprint density at radius 1 is 1.17 bits per heavy atom. The van der Waals surface area contributed by atoms with Crippen LogP contribution in [0.25, 0.3) is 0 Å². The molecule has 4 N–H and O–H groups in total. The molecule has 0 unspecified atom stereocenters. The zero-order valence-corrected chi connectivity index (χ0v) is 14.5. The number of unbranched alkanes of at least 4 members (excludes halogenated alkanes) is 3. The van der Waals surface area contributed by atoms with Crippen molar-refractivity contribution in [2.45, 2.75) is 64.5 Å². The number of benzene rings is 1. The molecule has 0 saturated carbocycles. The van der Waals surface area contributed by atoms with E-state index in [1.54, 1.807) is 12.1 Å². The first-order chi connectivity index (χ1) is 11.4. The lowest BCUT2D eigenvalue weighted by atomic mass is 10.0. The van der Waals surface area contributed by atoms with Crippen LogP contribution in [0.1, 0.15) is 64.0 Å². The molecular formula is C18H28FN3O2. The Balaban J connectivity index is 2.58. The third-order valence-corrected chi connectivity index (χ3v) is 3.88. The van der Waals surface area contributed by atoms with E-state index in [9.17, 15) is 14.0 Å². The van der Waals surface area contributed by atoms with Gasteiger partial charge in [-0.2, -0.15) is 0 Å². The summed E-state index contributed by atoms with van der Waals surface area (Å²) in [5, 5.41) is 5.34. The molecule has 24 heavy (non-hydrogen) atoms. The highest BCUT2D eigenvalue weighted by Gasteiger charge is 2.21. The van der Waals surface area contributed by atoms with Gasteiger partial charge in [0, 0.05) is 11.6 Å². The van der Waals surface area contributed by atoms with E-state index in [2.05, 4.69) is 17.6 Å². The minimum atomic E-state index is -0.788. The predicted molar refractivity (Wildman–Crippen MR) is 92.8 cm³/mol. The van der Waals surface area contributed by atoms with Gasteiger partial charge in [-0.25, -0.2) is 9.18 Å². The Morgan fingerprint density at radius 2 is 1.88 bits per heavy atom. The van der Waals surface area contributed by atoms with Crippen molar-refractivity contribution in [3.8, 4) is 0 Å². The summed E-state index contributed by atoms with van der Waals surface area (Å²) in [4.78, 5) is 23.4. The first-order valence-corrected chi connectivity index (χ1v) is 8.53. The number of rotatable bonds is 10. The van der Waals surface area contributed by atoms with Gasteiger partial charge in [-0.3, -0.25) is 4.79 Å². The molecule has 0 aliphatic carbocycles. The number of amides is 3. The third kappa shape index (κ3) is 7.44. The summed E-state index contributed by atoms with van der Waals surface area (Å²) in [6, 6.07) is 4.52. The Labute approximate surface area is 143 Å². The summed E-state index contributed by atoms with van der Waals surface area (Å²) in [6.45, 7) is 4.10. The fourth-order valence-corrected chi connectivity index (χ4v) is 2.64. The maximum Gasteiger partial charge on any atom is 0.312 e. The minimum Gasteiger partial charge on any atom is -0.354 e. The van der Waals surface area contributed by atoms with Gasteiger partial charge in [0.25, 0.3) is 0 Å². The number of carbonyl (C=O) groups excluding carboxylic acids is 2. The summed E-state index contributed by atoms with van der Waals surface area (Å²) in [6.07, 6.45) is 5.42. The molecule has 2 atom stereocenters. The maximum absolute atomic E-state index is 13.9. The molecule has 0 bridgehead atoms. The average Bonchev–Trinajstić information content (AvgIpc) is 2.51. The van der Waals surface area contributed by atoms with E-state index >= 15 is 0 Å². The number of nitrogens with one attached hydrogen (secondary N) is 2. The quantitative estimate of drug-likeness (QED) is 0.572. The zero-order chi connectivity index (χ0) is 17.9. The molecule has 134 valence electrons. The smallest absolute Gasteiger partial charge is 0.312 e. The summed E-state index contributed by atoms with van der Waals surface area (Å²) in [5.74, 6) is -0.711. The van der Waals surface area contributed by atoms with Gasteiger partial charge in [0.15, 0.2) is 0 Å². The van der Waals surface area contributed by atoms with Crippen molar-refractivity contribution >= 4 is 11.9 Å². The summed E-state index contributed by atoms with van der Waals surface area (Å²) < 4.78 is 13.9. The van der Waals surface area contributed by atoms with Crippen LogP contribution in [0.2, 0.25) is 0 Å². The molecule has 0 aliphatic rings. The van der Waals surface area contributed by atoms with Gasteiger partial charge in [0.1, 0.15) is 5.82 Å². The van der Waals surface area contributed by atoms with Crippen molar-refractivity contribution in [2.75, 3.05) is 0 Å². The van der Waals surface area contributed by atoms with E-state index in [1.165, 1.54) is 25.0 Å². The average molecular weight is 337 g/mol. The summed E-state index contributed by atoms with van der Waals surface area (Å²) >= 11 is 0. The summed E-state index contributed by atoms with van der Waals surface area (Å²) in [5.41, 5.74) is 5.40.